The molecule has 0 aliphatic carbocycles. The van der Waals surface area contributed by atoms with E-state index >= 15 is 0 Å². The van der Waals surface area contributed by atoms with Gasteiger partial charge in [-0.1, -0.05) is 0 Å². The highest BCUT2D eigenvalue weighted by Gasteiger charge is 2.20. The predicted octanol–water partition coefficient (Wildman–Crippen LogP) is -0.751. The maximum Gasteiger partial charge on any atom is 0.414 e. The molecule has 1 amide bonds. The molecule has 0 bridgehead atoms. The Morgan fingerprint density at radius 2 is 2.12 bits per heavy atom. The monoisotopic (exact) mass is 242 g/mol. The zero-order valence-corrected chi connectivity index (χ0v) is 9.81. The van der Waals surface area contributed by atoms with E-state index in [0.717, 1.165) is 9.47 Å². The largest absolute Gasteiger partial charge is 0.449 e. The Labute approximate surface area is 96.6 Å². The number of anilines is 2. The van der Waals surface area contributed by atoms with Crippen molar-refractivity contribution in [1.82, 2.24) is 9.55 Å². The van der Waals surface area contributed by atoms with Crippen molar-refractivity contribution in [3.05, 3.63) is 20.8 Å². The fourth-order valence-corrected chi connectivity index (χ4v) is 1.26. The number of ether oxygens (including phenoxy) is 1. The van der Waals surface area contributed by atoms with Crippen LogP contribution in [-0.4, -0.2) is 29.3 Å². The van der Waals surface area contributed by atoms with Gasteiger partial charge < -0.3 is 10.5 Å². The number of aromatic nitrogens is 2. The summed E-state index contributed by atoms with van der Waals surface area (Å²) in [5.41, 5.74) is 4.08. The summed E-state index contributed by atoms with van der Waals surface area (Å²) in [5, 5.41) is 0. The van der Waals surface area contributed by atoms with Crippen LogP contribution in [-0.2, 0) is 11.8 Å². The lowest BCUT2D eigenvalue weighted by Crippen LogP contribution is -2.40. The van der Waals surface area contributed by atoms with E-state index < -0.39 is 17.3 Å². The molecule has 0 atom stereocenters. The second-order valence-electron chi connectivity index (χ2n) is 3.31. The van der Waals surface area contributed by atoms with Gasteiger partial charge in [0.05, 0.1) is 6.61 Å². The topological polar surface area (TPSA) is 110 Å². The van der Waals surface area contributed by atoms with E-state index in [1.54, 1.807) is 6.92 Å². The number of amides is 1. The minimum atomic E-state index is -0.719. The average molecular weight is 242 g/mol. The lowest BCUT2D eigenvalue weighted by atomic mass is 10.4. The normalized spacial score (nSPS) is 10.1. The molecule has 0 radical (unpaired) electrons. The van der Waals surface area contributed by atoms with E-state index in [-0.39, 0.29) is 18.1 Å². The Morgan fingerprint density at radius 3 is 2.65 bits per heavy atom. The van der Waals surface area contributed by atoms with Crippen LogP contribution in [0.25, 0.3) is 0 Å². The number of H-pyrrole nitrogens is 1. The molecule has 0 fully saturated rings. The SMILES string of the molecule is CCOC(=O)N(C)c1c(N)[nH]c(=O)n(C)c1=O. The standard InChI is InChI=1S/C9H14N4O4/c1-4-17-9(16)12(2)5-6(10)11-8(15)13(3)7(5)14/h4,10H2,1-3H3,(H,11,15). The fraction of sp³-hybridized carbons (Fsp3) is 0.444. The summed E-state index contributed by atoms with van der Waals surface area (Å²) >= 11 is 0. The minimum absolute atomic E-state index is 0.120. The van der Waals surface area contributed by atoms with E-state index in [1.807, 2.05) is 0 Å². The number of hydrogen-bond acceptors (Lipinski definition) is 5. The Hall–Kier alpha value is -2.25. The quantitative estimate of drug-likeness (QED) is 0.708. The zero-order chi connectivity index (χ0) is 13.2. The van der Waals surface area contributed by atoms with E-state index in [2.05, 4.69) is 4.98 Å². The molecular formula is C9H14N4O4. The highest BCUT2D eigenvalue weighted by atomic mass is 16.6. The first-order valence-corrected chi connectivity index (χ1v) is 4.89. The third kappa shape index (κ3) is 2.30. The van der Waals surface area contributed by atoms with Crippen molar-refractivity contribution in [3.8, 4) is 0 Å². The number of carbonyl (C=O) groups excluding carboxylic acids is 1. The molecule has 1 aromatic rings. The molecule has 8 nitrogen and oxygen atoms in total. The van der Waals surface area contributed by atoms with Crippen LogP contribution in [0.4, 0.5) is 16.3 Å². The molecule has 0 aromatic carbocycles. The highest BCUT2D eigenvalue weighted by Crippen LogP contribution is 2.12. The molecule has 1 aromatic heterocycles. The second kappa shape index (κ2) is 4.73. The first-order valence-electron chi connectivity index (χ1n) is 4.89. The number of carbonyl (C=O) groups is 1. The van der Waals surface area contributed by atoms with E-state index in [1.165, 1.54) is 14.1 Å². The van der Waals surface area contributed by atoms with Gasteiger partial charge >= 0.3 is 11.8 Å². The van der Waals surface area contributed by atoms with Gasteiger partial charge in [0.25, 0.3) is 5.56 Å². The maximum atomic E-state index is 11.8. The minimum Gasteiger partial charge on any atom is -0.449 e. The molecule has 94 valence electrons. The Morgan fingerprint density at radius 1 is 1.53 bits per heavy atom. The van der Waals surface area contributed by atoms with Crippen molar-refractivity contribution in [1.29, 1.82) is 0 Å². The number of nitrogens with zero attached hydrogens (tertiary/aromatic N) is 2. The van der Waals surface area contributed by atoms with Gasteiger partial charge in [-0.05, 0) is 6.92 Å². The number of rotatable bonds is 2. The van der Waals surface area contributed by atoms with Gasteiger partial charge in [0.15, 0.2) is 5.69 Å². The summed E-state index contributed by atoms with van der Waals surface area (Å²) < 4.78 is 5.55. The third-order valence-corrected chi connectivity index (χ3v) is 2.19. The van der Waals surface area contributed by atoms with Crippen molar-refractivity contribution in [2.75, 3.05) is 24.3 Å². The van der Waals surface area contributed by atoms with Gasteiger partial charge in [-0.3, -0.25) is 19.2 Å². The van der Waals surface area contributed by atoms with Crippen molar-refractivity contribution >= 4 is 17.6 Å². The average Bonchev–Trinajstić information content (AvgIpc) is 2.26. The second-order valence-corrected chi connectivity index (χ2v) is 3.31. The fourth-order valence-electron chi connectivity index (χ4n) is 1.26. The van der Waals surface area contributed by atoms with Gasteiger partial charge in [-0.2, -0.15) is 0 Å². The molecule has 3 N–H and O–H groups in total. The van der Waals surface area contributed by atoms with Crippen molar-refractivity contribution < 1.29 is 9.53 Å². The summed E-state index contributed by atoms with van der Waals surface area (Å²) in [7, 11) is 2.62. The van der Waals surface area contributed by atoms with E-state index in [0.29, 0.717) is 0 Å². The Kier molecular flexibility index (Phi) is 3.56. The third-order valence-electron chi connectivity index (χ3n) is 2.19. The van der Waals surface area contributed by atoms with Crippen LogP contribution in [0.1, 0.15) is 6.92 Å². The number of nitrogen functional groups attached to an aromatic ring is 1. The lowest BCUT2D eigenvalue weighted by Gasteiger charge is -2.17. The molecule has 0 spiro atoms. The van der Waals surface area contributed by atoms with E-state index in [9.17, 15) is 14.4 Å². The molecule has 1 heterocycles. The van der Waals surface area contributed by atoms with Crippen LogP contribution in [0, 0.1) is 0 Å². The van der Waals surface area contributed by atoms with Crippen LogP contribution < -0.4 is 21.9 Å². The number of aromatic amines is 1. The van der Waals surface area contributed by atoms with Gasteiger partial charge in [-0.15, -0.1) is 0 Å². The van der Waals surface area contributed by atoms with Crippen LogP contribution in [0.2, 0.25) is 0 Å². The Balaban J connectivity index is 3.33. The van der Waals surface area contributed by atoms with Crippen LogP contribution in [0.5, 0.6) is 0 Å². The van der Waals surface area contributed by atoms with Crippen molar-refractivity contribution in [2.45, 2.75) is 6.92 Å². The summed E-state index contributed by atoms with van der Waals surface area (Å²) in [4.78, 5) is 37.7. The summed E-state index contributed by atoms with van der Waals surface area (Å²) in [6.45, 7) is 1.81. The van der Waals surface area contributed by atoms with Gasteiger partial charge in [-0.25, -0.2) is 9.59 Å². The number of hydrogen-bond donors (Lipinski definition) is 2. The number of nitrogens with one attached hydrogen (secondary N) is 1. The smallest absolute Gasteiger partial charge is 0.414 e. The van der Waals surface area contributed by atoms with Crippen LogP contribution in [0.3, 0.4) is 0 Å². The molecule has 0 aliphatic rings. The lowest BCUT2D eigenvalue weighted by molar-refractivity contribution is 0.161. The van der Waals surface area contributed by atoms with Crippen molar-refractivity contribution in [2.24, 2.45) is 7.05 Å². The predicted molar refractivity (Wildman–Crippen MR) is 62.1 cm³/mol. The summed E-state index contributed by atoms with van der Waals surface area (Å²) in [6.07, 6.45) is -0.719. The molecule has 0 unspecified atom stereocenters. The van der Waals surface area contributed by atoms with Gasteiger partial charge in [0.1, 0.15) is 5.82 Å². The zero-order valence-electron chi connectivity index (χ0n) is 9.81. The van der Waals surface area contributed by atoms with Crippen molar-refractivity contribution in [3.63, 3.8) is 0 Å². The maximum absolute atomic E-state index is 11.8. The first kappa shape index (κ1) is 12.8. The van der Waals surface area contributed by atoms with Crippen LogP contribution >= 0.6 is 0 Å². The molecule has 0 saturated heterocycles. The summed E-state index contributed by atoms with van der Waals surface area (Å²) in [5.74, 6) is -0.173. The van der Waals surface area contributed by atoms with Crippen LogP contribution in [0.15, 0.2) is 9.59 Å². The molecular weight excluding hydrogens is 228 g/mol. The molecule has 17 heavy (non-hydrogen) atoms. The highest BCUT2D eigenvalue weighted by molar-refractivity contribution is 5.89. The molecule has 8 heteroatoms. The number of nitrogens with two attached hydrogens (primary N) is 1. The van der Waals surface area contributed by atoms with Gasteiger partial charge in [0.2, 0.25) is 0 Å². The van der Waals surface area contributed by atoms with Gasteiger partial charge in [0, 0.05) is 14.1 Å². The molecule has 0 saturated carbocycles. The van der Waals surface area contributed by atoms with E-state index in [4.69, 9.17) is 10.5 Å². The molecule has 1 rings (SSSR count). The first-order chi connectivity index (χ1) is 7.90. The molecule has 0 aliphatic heterocycles. The Bertz CT molecular complexity index is 545. The summed E-state index contributed by atoms with van der Waals surface area (Å²) in [6, 6.07) is 0.